The van der Waals surface area contributed by atoms with Crippen molar-refractivity contribution >= 4 is 0 Å². The number of nitrogens with two attached hydrogens (primary N) is 1. The zero-order chi connectivity index (χ0) is 13.9. The number of aliphatic hydroxyl groups is 1. The van der Waals surface area contributed by atoms with Crippen LogP contribution in [0.1, 0.15) is 11.6 Å². The maximum Gasteiger partial charge on any atom is 0.416 e. The van der Waals surface area contributed by atoms with Crippen molar-refractivity contribution in [3.05, 3.63) is 29.8 Å². The molecule has 1 aromatic rings. The molecule has 0 saturated carbocycles. The summed E-state index contributed by atoms with van der Waals surface area (Å²) in [6.45, 7) is -3.02. The van der Waals surface area contributed by atoms with Gasteiger partial charge in [0.15, 0.2) is 6.10 Å². The van der Waals surface area contributed by atoms with Crippen LogP contribution in [0.3, 0.4) is 0 Å². The Morgan fingerprint density at radius 1 is 1.11 bits per heavy atom. The zero-order valence-corrected chi connectivity index (χ0v) is 8.86. The van der Waals surface area contributed by atoms with Gasteiger partial charge >= 0.3 is 12.8 Å². The number of alkyl halides is 5. The van der Waals surface area contributed by atoms with Gasteiger partial charge < -0.3 is 15.6 Å². The highest BCUT2D eigenvalue weighted by Crippen LogP contribution is 2.29. The molecule has 18 heavy (non-hydrogen) atoms. The third-order valence-corrected chi connectivity index (χ3v) is 2.17. The van der Waals surface area contributed by atoms with Crippen LogP contribution in [-0.2, 0) is 0 Å². The van der Waals surface area contributed by atoms with Gasteiger partial charge in [0.25, 0.3) is 0 Å². The molecule has 0 aromatic heterocycles. The lowest BCUT2D eigenvalue weighted by Crippen LogP contribution is -2.38. The van der Waals surface area contributed by atoms with Gasteiger partial charge in [-0.3, -0.25) is 0 Å². The van der Waals surface area contributed by atoms with Gasteiger partial charge in [-0.25, -0.2) is 0 Å². The molecule has 0 aliphatic heterocycles. The van der Waals surface area contributed by atoms with Crippen LogP contribution in [0.5, 0.6) is 5.75 Å². The summed E-state index contributed by atoms with van der Waals surface area (Å²) in [4.78, 5) is 0. The molecule has 0 unspecified atom stereocenters. The average Bonchev–Trinajstić information content (AvgIpc) is 2.26. The van der Waals surface area contributed by atoms with Crippen molar-refractivity contribution in [2.24, 2.45) is 5.73 Å². The van der Waals surface area contributed by atoms with Crippen LogP contribution in [0.2, 0.25) is 0 Å². The zero-order valence-electron chi connectivity index (χ0n) is 8.86. The summed E-state index contributed by atoms with van der Waals surface area (Å²) in [5, 5.41) is 8.92. The maximum absolute atomic E-state index is 12.2. The van der Waals surface area contributed by atoms with Crippen molar-refractivity contribution in [1.29, 1.82) is 0 Å². The first-order valence-electron chi connectivity index (χ1n) is 4.77. The summed E-state index contributed by atoms with van der Waals surface area (Å²) >= 11 is 0. The van der Waals surface area contributed by atoms with Gasteiger partial charge in [0.05, 0.1) is 6.04 Å². The Balaban J connectivity index is 2.79. The van der Waals surface area contributed by atoms with E-state index in [2.05, 4.69) is 4.74 Å². The van der Waals surface area contributed by atoms with Crippen LogP contribution in [0.15, 0.2) is 24.3 Å². The molecular weight excluding hydrogens is 261 g/mol. The van der Waals surface area contributed by atoms with Gasteiger partial charge in [0, 0.05) is 0 Å². The molecule has 3 N–H and O–H groups in total. The third kappa shape index (κ3) is 3.81. The van der Waals surface area contributed by atoms with Crippen LogP contribution < -0.4 is 10.5 Å². The SMILES string of the molecule is N[C@H](c1ccc(OC(F)F)cc1)[C@@H](O)C(F)(F)F. The topological polar surface area (TPSA) is 55.5 Å². The summed E-state index contributed by atoms with van der Waals surface area (Å²) in [6.07, 6.45) is -7.57. The van der Waals surface area contributed by atoms with E-state index in [0.29, 0.717) is 0 Å². The molecule has 1 rings (SSSR count). The van der Waals surface area contributed by atoms with Crippen LogP contribution >= 0.6 is 0 Å². The second-order valence-corrected chi connectivity index (χ2v) is 3.46. The van der Waals surface area contributed by atoms with E-state index >= 15 is 0 Å². The second-order valence-electron chi connectivity index (χ2n) is 3.46. The van der Waals surface area contributed by atoms with Crippen molar-refractivity contribution in [2.45, 2.75) is 24.9 Å². The number of aliphatic hydroxyl groups excluding tert-OH is 1. The monoisotopic (exact) mass is 271 g/mol. The number of hydrogen-bond acceptors (Lipinski definition) is 3. The molecule has 0 amide bonds. The number of halogens is 5. The molecular formula is C10H10F5NO2. The highest BCUT2D eigenvalue weighted by atomic mass is 19.4. The molecule has 0 heterocycles. The fourth-order valence-electron chi connectivity index (χ4n) is 1.26. The Bertz CT molecular complexity index is 379. The summed E-state index contributed by atoms with van der Waals surface area (Å²) in [5.41, 5.74) is 5.18. The van der Waals surface area contributed by atoms with Crippen LogP contribution in [0, 0.1) is 0 Å². The molecule has 0 aliphatic rings. The molecule has 8 heteroatoms. The first-order valence-corrected chi connectivity index (χ1v) is 4.77. The highest BCUT2D eigenvalue weighted by Gasteiger charge is 2.42. The highest BCUT2D eigenvalue weighted by molar-refractivity contribution is 5.29. The lowest BCUT2D eigenvalue weighted by molar-refractivity contribution is -0.210. The minimum absolute atomic E-state index is 0.0403. The van der Waals surface area contributed by atoms with Gasteiger partial charge in [0.1, 0.15) is 5.75 Å². The molecule has 0 bridgehead atoms. The van der Waals surface area contributed by atoms with E-state index in [1.54, 1.807) is 0 Å². The molecule has 0 fully saturated rings. The fourth-order valence-corrected chi connectivity index (χ4v) is 1.26. The van der Waals surface area contributed by atoms with E-state index in [9.17, 15) is 22.0 Å². The Morgan fingerprint density at radius 3 is 2.00 bits per heavy atom. The van der Waals surface area contributed by atoms with Crippen molar-refractivity contribution in [3.8, 4) is 5.75 Å². The Kier molecular flexibility index (Phi) is 4.47. The smallest absolute Gasteiger partial charge is 0.416 e. The summed E-state index contributed by atoms with van der Waals surface area (Å²) < 4.78 is 64.2. The Hall–Kier alpha value is -1.41. The van der Waals surface area contributed by atoms with E-state index in [-0.39, 0.29) is 11.3 Å². The number of rotatable bonds is 4. The van der Waals surface area contributed by atoms with E-state index in [1.807, 2.05) is 0 Å². The first kappa shape index (κ1) is 14.7. The molecule has 0 saturated heterocycles. The molecule has 102 valence electrons. The Morgan fingerprint density at radius 2 is 1.61 bits per heavy atom. The predicted octanol–water partition coefficient (Wildman–Crippen LogP) is 2.21. The third-order valence-electron chi connectivity index (χ3n) is 2.17. The normalized spacial score (nSPS) is 15.6. The van der Waals surface area contributed by atoms with Gasteiger partial charge in [-0.1, -0.05) is 12.1 Å². The van der Waals surface area contributed by atoms with Gasteiger partial charge in [0.2, 0.25) is 0 Å². The van der Waals surface area contributed by atoms with E-state index in [1.165, 1.54) is 0 Å². The second kappa shape index (κ2) is 5.49. The van der Waals surface area contributed by atoms with E-state index in [4.69, 9.17) is 10.8 Å². The fraction of sp³-hybridized carbons (Fsp3) is 0.400. The lowest BCUT2D eigenvalue weighted by Gasteiger charge is -2.21. The molecule has 1 aromatic carbocycles. The van der Waals surface area contributed by atoms with Crippen LogP contribution in [-0.4, -0.2) is 24.0 Å². The van der Waals surface area contributed by atoms with Crippen molar-refractivity contribution in [1.82, 2.24) is 0 Å². The summed E-state index contributed by atoms with van der Waals surface area (Å²) in [7, 11) is 0. The molecule has 0 spiro atoms. The number of benzene rings is 1. The van der Waals surface area contributed by atoms with Crippen LogP contribution in [0.4, 0.5) is 22.0 Å². The van der Waals surface area contributed by atoms with Crippen LogP contribution in [0.25, 0.3) is 0 Å². The van der Waals surface area contributed by atoms with Gasteiger partial charge in [-0.05, 0) is 17.7 Å². The first-order chi connectivity index (χ1) is 8.21. The van der Waals surface area contributed by atoms with Crippen molar-refractivity contribution in [2.75, 3.05) is 0 Å². The van der Waals surface area contributed by atoms with Crippen molar-refractivity contribution in [3.63, 3.8) is 0 Å². The minimum Gasteiger partial charge on any atom is -0.435 e. The summed E-state index contributed by atoms with van der Waals surface area (Å²) in [6, 6.07) is 2.56. The Labute approximate surface area is 99.0 Å². The summed E-state index contributed by atoms with van der Waals surface area (Å²) in [5.74, 6) is -0.206. The number of hydrogen-bond donors (Lipinski definition) is 2. The minimum atomic E-state index is -4.85. The molecule has 0 radical (unpaired) electrons. The van der Waals surface area contributed by atoms with Crippen molar-refractivity contribution < 1.29 is 31.8 Å². The lowest BCUT2D eigenvalue weighted by atomic mass is 10.0. The quantitative estimate of drug-likeness (QED) is 0.825. The maximum atomic E-state index is 12.2. The van der Waals surface area contributed by atoms with E-state index < -0.39 is 24.9 Å². The molecule has 3 nitrogen and oxygen atoms in total. The molecule has 0 aliphatic carbocycles. The molecule has 2 atom stereocenters. The number of ether oxygens (including phenoxy) is 1. The van der Waals surface area contributed by atoms with E-state index in [0.717, 1.165) is 24.3 Å². The van der Waals surface area contributed by atoms with Gasteiger partial charge in [-0.15, -0.1) is 0 Å². The average molecular weight is 271 g/mol. The standard InChI is InChI=1S/C10H10F5NO2/c11-9(12)18-6-3-1-5(2-4-6)7(16)8(17)10(13,14)15/h1-4,7-9,17H,16H2/t7-,8-/m1/s1. The van der Waals surface area contributed by atoms with Gasteiger partial charge in [-0.2, -0.15) is 22.0 Å². The predicted molar refractivity (Wildman–Crippen MR) is 52.1 cm³/mol. The largest absolute Gasteiger partial charge is 0.435 e.